The minimum atomic E-state index is -4.35. The minimum absolute atomic E-state index is 0.319. The van der Waals surface area contributed by atoms with Gasteiger partial charge in [0, 0.05) is 6.07 Å². The fraction of sp³-hybridized carbons (Fsp3) is 0.182. The number of aromatic nitrogens is 3. The number of hydrogen-bond acceptors (Lipinski definition) is 6. The van der Waals surface area contributed by atoms with E-state index in [9.17, 15) is 17.2 Å². The molecule has 0 radical (unpaired) electrons. The molecule has 2 rings (SSSR count). The molecule has 0 fully saturated rings. The molecule has 0 amide bonds. The molecule has 0 unspecified atom stereocenters. The lowest BCUT2D eigenvalue weighted by molar-refractivity contribution is 0.552. The first kappa shape index (κ1) is 15.0. The van der Waals surface area contributed by atoms with Gasteiger partial charge in [0.05, 0.1) is 17.1 Å². The summed E-state index contributed by atoms with van der Waals surface area (Å²) in [5, 5.41) is 7.23. The Morgan fingerprint density at radius 2 is 1.76 bits per heavy atom. The van der Waals surface area contributed by atoms with E-state index >= 15 is 0 Å². The molecule has 2 aromatic rings. The SMILES string of the molecule is Cc1nnc(NS(=O)(=O)c2cc(N)c(F)cc2F)nc1C. The number of rotatable bonds is 3. The van der Waals surface area contributed by atoms with Crippen LogP contribution in [0.5, 0.6) is 0 Å². The second-order valence-electron chi connectivity index (χ2n) is 4.22. The lowest BCUT2D eigenvalue weighted by Gasteiger charge is -2.09. The van der Waals surface area contributed by atoms with Gasteiger partial charge in [0.1, 0.15) is 16.5 Å². The Balaban J connectivity index is 2.43. The van der Waals surface area contributed by atoms with Gasteiger partial charge < -0.3 is 5.73 Å². The van der Waals surface area contributed by atoms with Gasteiger partial charge in [-0.15, -0.1) is 5.10 Å². The Kier molecular flexibility index (Phi) is 3.73. The maximum absolute atomic E-state index is 13.6. The summed E-state index contributed by atoms with van der Waals surface area (Å²) in [6.45, 7) is 3.26. The summed E-state index contributed by atoms with van der Waals surface area (Å²) in [5.74, 6) is -2.64. The molecule has 112 valence electrons. The van der Waals surface area contributed by atoms with Crippen LogP contribution in [0.2, 0.25) is 0 Å². The van der Waals surface area contributed by atoms with E-state index in [1.54, 1.807) is 13.8 Å². The summed E-state index contributed by atoms with van der Waals surface area (Å²) >= 11 is 0. The highest BCUT2D eigenvalue weighted by atomic mass is 32.2. The molecule has 0 atom stereocenters. The van der Waals surface area contributed by atoms with Crippen LogP contribution in [0.4, 0.5) is 20.4 Å². The quantitative estimate of drug-likeness (QED) is 0.822. The van der Waals surface area contributed by atoms with Crippen LogP contribution in [0.1, 0.15) is 11.4 Å². The molecule has 1 aromatic heterocycles. The van der Waals surface area contributed by atoms with Crippen LogP contribution < -0.4 is 10.5 Å². The topological polar surface area (TPSA) is 111 Å². The lowest BCUT2D eigenvalue weighted by Crippen LogP contribution is -2.18. The molecule has 1 aromatic carbocycles. The third-order valence-electron chi connectivity index (χ3n) is 2.66. The number of sulfonamides is 1. The number of anilines is 2. The van der Waals surface area contributed by atoms with Crippen LogP contribution in [0.15, 0.2) is 17.0 Å². The van der Waals surface area contributed by atoms with Crippen LogP contribution in [0, 0.1) is 25.5 Å². The van der Waals surface area contributed by atoms with Crippen molar-refractivity contribution < 1.29 is 17.2 Å². The number of nitrogens with one attached hydrogen (secondary N) is 1. The molecule has 21 heavy (non-hydrogen) atoms. The summed E-state index contributed by atoms with van der Waals surface area (Å²) < 4.78 is 52.7. The molecule has 0 aliphatic rings. The van der Waals surface area contributed by atoms with E-state index in [0.717, 1.165) is 0 Å². The number of nitrogens with two attached hydrogens (primary N) is 1. The Labute approximate surface area is 119 Å². The zero-order chi connectivity index (χ0) is 15.8. The van der Waals surface area contributed by atoms with E-state index in [1.165, 1.54) is 0 Å². The number of nitrogens with zero attached hydrogens (tertiary/aromatic N) is 3. The number of halogens is 2. The average molecular weight is 315 g/mol. The molecule has 0 aliphatic carbocycles. The lowest BCUT2D eigenvalue weighted by atomic mass is 10.3. The van der Waals surface area contributed by atoms with E-state index < -0.39 is 32.2 Å². The summed E-state index contributed by atoms with van der Waals surface area (Å²) in [7, 11) is -4.35. The number of benzene rings is 1. The summed E-state index contributed by atoms with van der Waals surface area (Å²) in [4.78, 5) is 3.06. The standard InChI is InChI=1S/C11H11F2N5O2S/c1-5-6(2)16-17-11(15-5)18-21(19,20)10-4-9(14)7(12)3-8(10)13/h3-4H,14H2,1-2H3,(H,15,17,18). The zero-order valence-corrected chi connectivity index (χ0v) is 11.9. The third-order valence-corrected chi connectivity index (χ3v) is 4.00. The molecular weight excluding hydrogens is 304 g/mol. The first-order valence-electron chi connectivity index (χ1n) is 5.66. The monoisotopic (exact) mass is 315 g/mol. The van der Waals surface area contributed by atoms with Gasteiger partial charge in [-0.25, -0.2) is 26.9 Å². The second-order valence-corrected chi connectivity index (χ2v) is 5.87. The van der Waals surface area contributed by atoms with Crippen molar-refractivity contribution in [3.8, 4) is 0 Å². The first-order chi connectivity index (χ1) is 9.70. The van der Waals surface area contributed by atoms with E-state index in [0.29, 0.717) is 23.5 Å². The fourth-order valence-electron chi connectivity index (χ4n) is 1.43. The van der Waals surface area contributed by atoms with E-state index in [-0.39, 0.29) is 5.95 Å². The van der Waals surface area contributed by atoms with Gasteiger partial charge in [-0.2, -0.15) is 5.10 Å². The van der Waals surface area contributed by atoms with E-state index in [1.807, 2.05) is 4.72 Å². The van der Waals surface area contributed by atoms with Crippen LogP contribution in [-0.4, -0.2) is 23.6 Å². The molecule has 3 N–H and O–H groups in total. The number of hydrogen-bond donors (Lipinski definition) is 2. The maximum atomic E-state index is 13.6. The molecule has 0 saturated carbocycles. The summed E-state index contributed by atoms with van der Waals surface area (Å²) in [6.07, 6.45) is 0. The summed E-state index contributed by atoms with van der Waals surface area (Å²) in [6, 6.07) is 1.07. The first-order valence-corrected chi connectivity index (χ1v) is 7.14. The third kappa shape index (κ3) is 3.05. The van der Waals surface area contributed by atoms with Gasteiger partial charge in [-0.05, 0) is 19.9 Å². The molecule has 0 aliphatic heterocycles. The van der Waals surface area contributed by atoms with Crippen LogP contribution in [-0.2, 0) is 10.0 Å². The highest BCUT2D eigenvalue weighted by Crippen LogP contribution is 2.22. The Bertz CT molecular complexity index is 811. The Hall–Kier alpha value is -2.36. The Morgan fingerprint density at radius 3 is 2.38 bits per heavy atom. The number of nitrogen functional groups attached to an aromatic ring is 1. The van der Waals surface area contributed by atoms with E-state index in [2.05, 4.69) is 15.2 Å². The highest BCUT2D eigenvalue weighted by molar-refractivity contribution is 7.92. The van der Waals surface area contributed by atoms with Crippen LogP contribution in [0.25, 0.3) is 0 Å². The molecule has 0 saturated heterocycles. The Morgan fingerprint density at radius 1 is 1.10 bits per heavy atom. The molecule has 0 bridgehead atoms. The zero-order valence-electron chi connectivity index (χ0n) is 11.1. The smallest absolute Gasteiger partial charge is 0.267 e. The van der Waals surface area contributed by atoms with Gasteiger partial charge in [0.2, 0.25) is 0 Å². The van der Waals surface area contributed by atoms with Gasteiger partial charge in [0.15, 0.2) is 0 Å². The predicted octanol–water partition coefficient (Wildman–Crippen LogP) is 1.15. The van der Waals surface area contributed by atoms with Crippen molar-refractivity contribution in [2.45, 2.75) is 18.7 Å². The summed E-state index contributed by atoms with van der Waals surface area (Å²) in [5.41, 5.74) is 5.74. The number of aryl methyl sites for hydroxylation is 2. The largest absolute Gasteiger partial charge is 0.396 e. The predicted molar refractivity (Wildman–Crippen MR) is 70.9 cm³/mol. The molecule has 0 spiro atoms. The van der Waals surface area contributed by atoms with Crippen LogP contribution in [0.3, 0.4) is 0 Å². The van der Waals surface area contributed by atoms with Gasteiger partial charge in [-0.3, -0.25) is 0 Å². The maximum Gasteiger partial charge on any atom is 0.267 e. The van der Waals surface area contributed by atoms with Gasteiger partial charge >= 0.3 is 0 Å². The van der Waals surface area contributed by atoms with Crippen LogP contribution >= 0.6 is 0 Å². The molecule has 10 heteroatoms. The van der Waals surface area contributed by atoms with Crippen molar-refractivity contribution in [2.24, 2.45) is 0 Å². The van der Waals surface area contributed by atoms with Gasteiger partial charge in [0.25, 0.3) is 16.0 Å². The van der Waals surface area contributed by atoms with Crippen molar-refractivity contribution in [1.29, 1.82) is 0 Å². The normalized spacial score (nSPS) is 11.4. The molecular formula is C11H11F2N5O2S. The van der Waals surface area contributed by atoms with Crippen molar-refractivity contribution in [3.63, 3.8) is 0 Å². The average Bonchev–Trinajstić information content (AvgIpc) is 2.37. The molecule has 1 heterocycles. The van der Waals surface area contributed by atoms with E-state index in [4.69, 9.17) is 5.73 Å². The fourth-order valence-corrected chi connectivity index (χ4v) is 2.46. The van der Waals surface area contributed by atoms with Crippen molar-refractivity contribution in [3.05, 3.63) is 35.2 Å². The van der Waals surface area contributed by atoms with Gasteiger partial charge in [-0.1, -0.05) is 0 Å². The van der Waals surface area contributed by atoms with Crippen molar-refractivity contribution in [1.82, 2.24) is 15.2 Å². The highest BCUT2D eigenvalue weighted by Gasteiger charge is 2.22. The van der Waals surface area contributed by atoms with Crippen molar-refractivity contribution in [2.75, 3.05) is 10.5 Å². The minimum Gasteiger partial charge on any atom is -0.396 e. The second kappa shape index (κ2) is 5.20. The van der Waals surface area contributed by atoms with Crippen molar-refractivity contribution >= 4 is 21.7 Å². The molecule has 7 nitrogen and oxygen atoms in total.